The maximum Gasteiger partial charge on any atom is 0.416 e. The third kappa shape index (κ3) is 4.37. The number of hydrogen-bond donors (Lipinski definition) is 0. The van der Waals surface area contributed by atoms with Crippen molar-refractivity contribution < 1.29 is 18.0 Å². The average Bonchev–Trinajstić information content (AvgIpc) is 2.46. The van der Waals surface area contributed by atoms with Crippen LogP contribution in [0.15, 0.2) is 24.3 Å². The smallest absolute Gasteiger partial charge is 0.341 e. The summed E-state index contributed by atoms with van der Waals surface area (Å²) in [5.41, 5.74) is 0.0412. The van der Waals surface area contributed by atoms with Gasteiger partial charge in [-0.3, -0.25) is 4.79 Å². The highest BCUT2D eigenvalue weighted by molar-refractivity contribution is 6.27. The minimum Gasteiger partial charge on any atom is -0.341 e. The maximum atomic E-state index is 12.7. The van der Waals surface area contributed by atoms with E-state index in [9.17, 15) is 18.0 Å². The first-order valence-electron chi connectivity index (χ1n) is 6.90. The summed E-state index contributed by atoms with van der Waals surface area (Å²) in [5.74, 6) is 0.0378. The lowest BCUT2D eigenvalue weighted by Gasteiger charge is -2.32. The number of carbonyl (C=O) groups is 1. The molecule has 6 heteroatoms. The van der Waals surface area contributed by atoms with Crippen LogP contribution in [0.3, 0.4) is 0 Å². The Labute approximate surface area is 126 Å². The molecule has 0 bridgehead atoms. The topological polar surface area (TPSA) is 20.3 Å². The van der Waals surface area contributed by atoms with Crippen LogP contribution in [0.5, 0.6) is 0 Å². The van der Waals surface area contributed by atoms with Crippen molar-refractivity contribution in [1.82, 2.24) is 4.90 Å². The Bertz CT molecular complexity index is 504. The van der Waals surface area contributed by atoms with Gasteiger partial charge >= 0.3 is 6.18 Å². The molecule has 1 amide bonds. The zero-order valence-corrected chi connectivity index (χ0v) is 12.3. The van der Waals surface area contributed by atoms with Gasteiger partial charge < -0.3 is 4.90 Å². The van der Waals surface area contributed by atoms with Crippen LogP contribution in [0.4, 0.5) is 13.2 Å². The molecule has 21 heavy (non-hydrogen) atoms. The lowest BCUT2D eigenvalue weighted by atomic mass is 9.90. The Balaban J connectivity index is 2.03. The van der Waals surface area contributed by atoms with Gasteiger partial charge in [-0.15, -0.1) is 11.6 Å². The Hall–Kier alpha value is -1.23. The molecule has 0 radical (unpaired) electrons. The minimum absolute atomic E-state index is 0.0454. The number of halogens is 4. The van der Waals surface area contributed by atoms with Crippen molar-refractivity contribution in [2.45, 2.75) is 25.4 Å². The van der Waals surface area contributed by atoms with Crippen LogP contribution in [0.1, 0.15) is 24.0 Å². The van der Waals surface area contributed by atoms with Gasteiger partial charge in [0, 0.05) is 13.1 Å². The van der Waals surface area contributed by atoms with E-state index in [0.717, 1.165) is 18.9 Å². The molecule has 1 atom stereocenters. The summed E-state index contributed by atoms with van der Waals surface area (Å²) >= 11 is 5.55. The molecular formula is C15H17ClF3NO. The van der Waals surface area contributed by atoms with Crippen molar-refractivity contribution >= 4 is 17.5 Å². The van der Waals surface area contributed by atoms with Crippen molar-refractivity contribution in [3.8, 4) is 0 Å². The first kappa shape index (κ1) is 16.1. The van der Waals surface area contributed by atoms with E-state index in [2.05, 4.69) is 0 Å². The van der Waals surface area contributed by atoms with Crippen LogP contribution in [0, 0.1) is 5.92 Å². The van der Waals surface area contributed by atoms with E-state index in [1.807, 2.05) is 0 Å². The van der Waals surface area contributed by atoms with Crippen LogP contribution in [-0.4, -0.2) is 29.8 Å². The number of rotatable bonds is 3. The molecule has 0 N–H and O–H groups in total. The van der Waals surface area contributed by atoms with Crippen molar-refractivity contribution in [1.29, 1.82) is 0 Å². The summed E-state index contributed by atoms with van der Waals surface area (Å²) < 4.78 is 38.1. The predicted octanol–water partition coefficient (Wildman–Crippen LogP) is 3.73. The molecule has 1 aromatic carbocycles. The highest BCUT2D eigenvalue weighted by Crippen LogP contribution is 2.30. The Morgan fingerprint density at radius 1 is 1.38 bits per heavy atom. The quantitative estimate of drug-likeness (QED) is 0.777. The Morgan fingerprint density at radius 2 is 2.14 bits per heavy atom. The fourth-order valence-electron chi connectivity index (χ4n) is 2.75. The highest BCUT2D eigenvalue weighted by atomic mass is 35.5. The molecule has 116 valence electrons. The van der Waals surface area contributed by atoms with Crippen LogP contribution in [0.2, 0.25) is 0 Å². The molecular weight excluding hydrogens is 303 g/mol. The number of piperidine rings is 1. The van der Waals surface area contributed by atoms with E-state index < -0.39 is 11.7 Å². The maximum absolute atomic E-state index is 12.7. The van der Waals surface area contributed by atoms with Crippen molar-refractivity contribution in [2.24, 2.45) is 5.92 Å². The predicted molar refractivity (Wildman–Crippen MR) is 75.2 cm³/mol. The number of carbonyl (C=O) groups excluding carboxylic acids is 1. The van der Waals surface area contributed by atoms with Gasteiger partial charge in [0.05, 0.1) is 5.56 Å². The number of likely N-dealkylation sites (tertiary alicyclic amines) is 1. The number of amides is 1. The first-order chi connectivity index (χ1) is 9.90. The molecule has 1 heterocycles. The highest BCUT2D eigenvalue weighted by Gasteiger charge is 2.30. The zero-order valence-electron chi connectivity index (χ0n) is 11.5. The first-order valence-corrected chi connectivity index (χ1v) is 7.43. The summed E-state index contributed by atoms with van der Waals surface area (Å²) in [6.45, 7) is 1.26. The van der Waals surface area contributed by atoms with Crippen LogP contribution in [-0.2, 0) is 17.4 Å². The molecule has 0 aromatic heterocycles. The SMILES string of the molecule is O=C(CCl)N1CCCC(Cc2cccc(C(F)(F)F)c2)C1. The largest absolute Gasteiger partial charge is 0.416 e. The van der Waals surface area contributed by atoms with E-state index in [4.69, 9.17) is 11.6 Å². The molecule has 1 fully saturated rings. The second-order valence-electron chi connectivity index (χ2n) is 5.38. The van der Waals surface area contributed by atoms with Gasteiger partial charge in [0.25, 0.3) is 0 Å². The zero-order chi connectivity index (χ0) is 15.5. The second kappa shape index (κ2) is 6.69. The molecule has 0 spiro atoms. The van der Waals surface area contributed by atoms with Gasteiger partial charge in [0.15, 0.2) is 0 Å². The molecule has 2 nitrogen and oxygen atoms in total. The Morgan fingerprint density at radius 3 is 2.81 bits per heavy atom. The molecule has 1 aliphatic heterocycles. The van der Waals surface area contributed by atoms with Crippen LogP contribution >= 0.6 is 11.6 Å². The Kier molecular flexibility index (Phi) is 5.14. The lowest BCUT2D eigenvalue weighted by molar-refractivity contribution is -0.137. The fraction of sp³-hybridized carbons (Fsp3) is 0.533. The molecule has 0 saturated carbocycles. The molecule has 1 unspecified atom stereocenters. The number of hydrogen-bond acceptors (Lipinski definition) is 1. The van der Waals surface area contributed by atoms with Crippen LogP contribution in [0.25, 0.3) is 0 Å². The summed E-state index contributed by atoms with van der Waals surface area (Å²) in [5, 5.41) is 0. The average molecular weight is 320 g/mol. The van der Waals surface area contributed by atoms with Gasteiger partial charge in [-0.05, 0) is 36.8 Å². The number of alkyl halides is 4. The van der Waals surface area contributed by atoms with E-state index >= 15 is 0 Å². The molecule has 1 aromatic rings. The minimum atomic E-state index is -4.32. The number of benzene rings is 1. The van der Waals surface area contributed by atoms with Crippen molar-refractivity contribution in [3.63, 3.8) is 0 Å². The van der Waals surface area contributed by atoms with Crippen LogP contribution < -0.4 is 0 Å². The van der Waals surface area contributed by atoms with Gasteiger partial charge in [-0.2, -0.15) is 13.2 Å². The van der Waals surface area contributed by atoms with E-state index in [1.54, 1.807) is 11.0 Å². The molecule has 0 aliphatic carbocycles. The molecule has 1 aliphatic rings. The second-order valence-corrected chi connectivity index (χ2v) is 5.65. The third-order valence-corrected chi connectivity index (χ3v) is 3.99. The normalized spacial score (nSPS) is 19.6. The summed E-state index contributed by atoms with van der Waals surface area (Å²) in [6, 6.07) is 5.41. The third-order valence-electron chi connectivity index (χ3n) is 3.76. The number of nitrogens with zero attached hydrogens (tertiary/aromatic N) is 1. The van der Waals surface area contributed by atoms with E-state index in [0.29, 0.717) is 25.1 Å². The van der Waals surface area contributed by atoms with Crippen molar-refractivity contribution in [2.75, 3.05) is 19.0 Å². The van der Waals surface area contributed by atoms with Gasteiger partial charge in [-0.1, -0.05) is 18.2 Å². The van der Waals surface area contributed by atoms with E-state index in [-0.39, 0.29) is 17.7 Å². The molecule has 2 rings (SSSR count). The monoisotopic (exact) mass is 319 g/mol. The van der Waals surface area contributed by atoms with Crippen molar-refractivity contribution in [3.05, 3.63) is 35.4 Å². The summed E-state index contributed by atoms with van der Waals surface area (Å²) in [7, 11) is 0. The fourth-order valence-corrected chi connectivity index (χ4v) is 2.92. The standard InChI is InChI=1S/C15H17ClF3NO/c16-9-14(21)20-6-2-4-12(10-20)7-11-3-1-5-13(8-11)15(17,18)19/h1,3,5,8,12H,2,4,6-7,9-10H2. The summed E-state index contributed by atoms with van der Waals surface area (Å²) in [6.07, 6.45) is -1.98. The van der Waals surface area contributed by atoms with Gasteiger partial charge in [0.2, 0.25) is 5.91 Å². The van der Waals surface area contributed by atoms with Gasteiger partial charge in [-0.25, -0.2) is 0 Å². The van der Waals surface area contributed by atoms with E-state index in [1.165, 1.54) is 12.1 Å². The lowest BCUT2D eigenvalue weighted by Crippen LogP contribution is -2.41. The summed E-state index contributed by atoms with van der Waals surface area (Å²) in [4.78, 5) is 13.3. The van der Waals surface area contributed by atoms with Gasteiger partial charge in [0.1, 0.15) is 5.88 Å². The molecule has 1 saturated heterocycles.